The molecule has 0 heterocycles. The van der Waals surface area contributed by atoms with Crippen LogP contribution in [0.3, 0.4) is 0 Å². The summed E-state index contributed by atoms with van der Waals surface area (Å²) in [5.41, 5.74) is 0.177. The number of carbonyl (C=O) groups excluding carboxylic acids is 1. The van der Waals surface area contributed by atoms with E-state index in [4.69, 9.17) is 4.74 Å². The molecular formula is C15H12BrFO3S. The van der Waals surface area contributed by atoms with Crippen LogP contribution >= 0.6 is 15.9 Å². The molecule has 0 aliphatic carbocycles. The van der Waals surface area contributed by atoms with Gasteiger partial charge >= 0.3 is 0 Å². The second-order valence-electron chi connectivity index (χ2n) is 4.22. The predicted molar refractivity (Wildman–Crippen MR) is 82.7 cm³/mol. The Hall–Kier alpha value is -1.53. The number of Topliss-reactive ketones (excluding diaryl/α,β-unsaturated/α-hetero) is 1. The van der Waals surface area contributed by atoms with E-state index < -0.39 is 16.6 Å². The van der Waals surface area contributed by atoms with Crippen molar-refractivity contribution in [2.75, 3.05) is 12.9 Å². The zero-order chi connectivity index (χ0) is 15.4. The molecular weight excluding hydrogens is 359 g/mol. The van der Waals surface area contributed by atoms with E-state index in [1.807, 2.05) is 0 Å². The van der Waals surface area contributed by atoms with Crippen molar-refractivity contribution in [3.8, 4) is 5.75 Å². The quantitative estimate of drug-likeness (QED) is 0.755. The highest BCUT2D eigenvalue weighted by Crippen LogP contribution is 2.19. The van der Waals surface area contributed by atoms with Gasteiger partial charge in [-0.1, -0.05) is 22.0 Å². The fourth-order valence-corrected chi connectivity index (χ4v) is 3.35. The lowest BCUT2D eigenvalue weighted by atomic mass is 10.1. The lowest BCUT2D eigenvalue weighted by Crippen LogP contribution is -2.11. The van der Waals surface area contributed by atoms with Gasteiger partial charge in [-0.2, -0.15) is 0 Å². The Bertz CT molecular complexity index is 703. The van der Waals surface area contributed by atoms with Crippen LogP contribution in [0.4, 0.5) is 4.39 Å². The first kappa shape index (κ1) is 15.9. The second kappa shape index (κ2) is 6.95. The first-order valence-electron chi connectivity index (χ1n) is 6.02. The van der Waals surface area contributed by atoms with Crippen LogP contribution in [0.25, 0.3) is 0 Å². The van der Waals surface area contributed by atoms with Gasteiger partial charge in [0.25, 0.3) is 0 Å². The van der Waals surface area contributed by atoms with E-state index in [9.17, 15) is 13.4 Å². The number of hydrogen-bond acceptors (Lipinski definition) is 3. The Kier molecular flexibility index (Phi) is 5.25. The smallest absolute Gasteiger partial charge is 0.175 e. The average molecular weight is 371 g/mol. The summed E-state index contributed by atoms with van der Waals surface area (Å²) in [6, 6.07) is 10.9. The number of carbonyl (C=O) groups is 1. The van der Waals surface area contributed by atoms with Gasteiger partial charge in [0, 0.05) is 14.9 Å². The maximum atomic E-state index is 13.6. The van der Waals surface area contributed by atoms with E-state index in [1.165, 1.54) is 19.2 Å². The number of hydrogen-bond donors (Lipinski definition) is 0. The number of benzene rings is 2. The van der Waals surface area contributed by atoms with Gasteiger partial charge in [-0.15, -0.1) is 0 Å². The largest absolute Gasteiger partial charge is 0.494 e. The Morgan fingerprint density at radius 2 is 2.05 bits per heavy atom. The molecule has 1 atom stereocenters. The number of ether oxygens (including phenoxy) is 1. The van der Waals surface area contributed by atoms with Gasteiger partial charge < -0.3 is 4.74 Å². The van der Waals surface area contributed by atoms with E-state index in [-0.39, 0.29) is 22.8 Å². The van der Waals surface area contributed by atoms with E-state index in [1.54, 1.807) is 24.3 Å². The van der Waals surface area contributed by atoms with Crippen LogP contribution in [0, 0.1) is 5.82 Å². The second-order valence-corrected chi connectivity index (χ2v) is 6.59. The standard InChI is InChI=1S/C15H12BrFO3S/c1-20-15-6-5-10(7-13(15)17)14(18)9-21(19)12-4-2-3-11(16)8-12/h2-8H,9H2,1H3. The molecule has 21 heavy (non-hydrogen) atoms. The van der Waals surface area contributed by atoms with Crippen LogP contribution < -0.4 is 4.74 Å². The van der Waals surface area contributed by atoms with Crippen molar-refractivity contribution in [1.82, 2.24) is 0 Å². The molecule has 3 nitrogen and oxygen atoms in total. The van der Waals surface area contributed by atoms with Crippen molar-refractivity contribution in [2.45, 2.75) is 4.90 Å². The van der Waals surface area contributed by atoms with E-state index in [0.29, 0.717) is 4.90 Å². The molecule has 2 aromatic rings. The fraction of sp³-hybridized carbons (Fsp3) is 0.133. The first-order chi connectivity index (χ1) is 10.0. The summed E-state index contributed by atoms with van der Waals surface area (Å²) in [5.74, 6) is -1.12. The van der Waals surface area contributed by atoms with Gasteiger partial charge in [-0.3, -0.25) is 9.00 Å². The Labute approximate surface area is 132 Å². The summed E-state index contributed by atoms with van der Waals surface area (Å²) in [7, 11) is -0.122. The minimum atomic E-state index is -1.47. The van der Waals surface area contributed by atoms with Crippen LogP contribution in [0.5, 0.6) is 5.75 Å². The van der Waals surface area contributed by atoms with Gasteiger partial charge in [0.05, 0.1) is 23.7 Å². The van der Waals surface area contributed by atoms with E-state index >= 15 is 0 Å². The first-order valence-corrected chi connectivity index (χ1v) is 8.13. The van der Waals surface area contributed by atoms with E-state index in [2.05, 4.69) is 15.9 Å². The Morgan fingerprint density at radius 3 is 2.67 bits per heavy atom. The number of methoxy groups -OCH3 is 1. The van der Waals surface area contributed by atoms with Crippen molar-refractivity contribution in [3.63, 3.8) is 0 Å². The zero-order valence-electron chi connectivity index (χ0n) is 11.1. The van der Waals surface area contributed by atoms with Crippen LogP contribution in [0.1, 0.15) is 10.4 Å². The highest BCUT2D eigenvalue weighted by Gasteiger charge is 2.14. The molecule has 0 spiro atoms. The van der Waals surface area contributed by atoms with Gasteiger partial charge in [0.15, 0.2) is 17.3 Å². The molecule has 0 bridgehead atoms. The fourth-order valence-electron chi connectivity index (χ4n) is 1.73. The average Bonchev–Trinajstić information content (AvgIpc) is 2.47. The van der Waals surface area contributed by atoms with Crippen molar-refractivity contribution >= 4 is 32.5 Å². The van der Waals surface area contributed by atoms with Crippen molar-refractivity contribution < 1.29 is 18.1 Å². The summed E-state index contributed by atoms with van der Waals surface area (Å²) >= 11 is 3.28. The van der Waals surface area contributed by atoms with Gasteiger partial charge in [-0.25, -0.2) is 4.39 Å². The third-order valence-corrected chi connectivity index (χ3v) is 4.59. The lowest BCUT2D eigenvalue weighted by Gasteiger charge is -2.05. The SMILES string of the molecule is COc1ccc(C(=O)CS(=O)c2cccc(Br)c2)cc1F. The maximum absolute atomic E-state index is 13.6. The molecule has 6 heteroatoms. The Morgan fingerprint density at radius 1 is 1.29 bits per heavy atom. The molecule has 0 aromatic heterocycles. The van der Waals surface area contributed by atoms with Crippen molar-refractivity contribution in [2.24, 2.45) is 0 Å². The minimum absolute atomic E-state index is 0.0691. The predicted octanol–water partition coefficient (Wildman–Crippen LogP) is 3.59. The van der Waals surface area contributed by atoms with Crippen LogP contribution in [0.2, 0.25) is 0 Å². The summed E-state index contributed by atoms with van der Waals surface area (Å²) in [5, 5.41) is 0. The lowest BCUT2D eigenvalue weighted by molar-refractivity contribution is 0.102. The number of halogens is 2. The molecule has 0 amide bonds. The van der Waals surface area contributed by atoms with Gasteiger partial charge in [0.2, 0.25) is 0 Å². The van der Waals surface area contributed by atoms with Gasteiger partial charge in [0.1, 0.15) is 0 Å². The normalized spacial score (nSPS) is 12.0. The third-order valence-electron chi connectivity index (χ3n) is 2.79. The topological polar surface area (TPSA) is 43.4 Å². The zero-order valence-corrected chi connectivity index (χ0v) is 13.5. The molecule has 0 saturated carbocycles. The number of rotatable bonds is 5. The molecule has 0 fully saturated rings. The summed E-state index contributed by atoms with van der Waals surface area (Å²) in [6.45, 7) is 0. The highest BCUT2D eigenvalue weighted by molar-refractivity contribution is 9.10. The number of ketones is 1. The Balaban J connectivity index is 2.14. The summed E-state index contributed by atoms with van der Waals surface area (Å²) < 4.78 is 31.3. The van der Waals surface area contributed by atoms with Crippen molar-refractivity contribution in [1.29, 1.82) is 0 Å². The van der Waals surface area contributed by atoms with Crippen LogP contribution in [-0.2, 0) is 10.8 Å². The minimum Gasteiger partial charge on any atom is -0.494 e. The molecule has 2 aromatic carbocycles. The summed E-state index contributed by atoms with van der Waals surface area (Å²) in [6.07, 6.45) is 0. The van der Waals surface area contributed by atoms with Crippen LogP contribution in [0.15, 0.2) is 51.8 Å². The van der Waals surface area contributed by atoms with Crippen LogP contribution in [-0.4, -0.2) is 22.9 Å². The molecule has 0 N–H and O–H groups in total. The molecule has 0 aliphatic heterocycles. The maximum Gasteiger partial charge on any atom is 0.175 e. The van der Waals surface area contributed by atoms with Gasteiger partial charge in [-0.05, 0) is 36.4 Å². The monoisotopic (exact) mass is 370 g/mol. The molecule has 1 unspecified atom stereocenters. The molecule has 110 valence electrons. The third kappa shape index (κ3) is 3.98. The molecule has 2 rings (SSSR count). The molecule has 0 aliphatic rings. The van der Waals surface area contributed by atoms with Crippen molar-refractivity contribution in [3.05, 3.63) is 58.3 Å². The highest BCUT2D eigenvalue weighted by atomic mass is 79.9. The van der Waals surface area contributed by atoms with E-state index in [0.717, 1.165) is 10.5 Å². The molecule has 0 saturated heterocycles. The summed E-state index contributed by atoms with van der Waals surface area (Å²) in [4.78, 5) is 12.6. The molecule has 0 radical (unpaired) electrons.